The average molecular weight is 509 g/mol. The first-order valence-electron chi connectivity index (χ1n) is 10.9. The Morgan fingerprint density at radius 2 is 1.73 bits per heavy atom. The third-order valence-electron chi connectivity index (χ3n) is 5.09. The first-order valence-corrected chi connectivity index (χ1v) is 11.7. The van der Waals surface area contributed by atoms with E-state index in [-0.39, 0.29) is 12.3 Å². The Labute approximate surface area is 204 Å². The highest BCUT2D eigenvalue weighted by molar-refractivity contribution is 9.10. The average Bonchev–Trinajstić information content (AvgIpc) is 2.76. The van der Waals surface area contributed by atoms with Crippen LogP contribution in [0.1, 0.15) is 40.3 Å². The van der Waals surface area contributed by atoms with Crippen LogP contribution in [0.25, 0.3) is 0 Å². The summed E-state index contributed by atoms with van der Waals surface area (Å²) in [6.45, 7) is 8.95. The standard InChI is InChI=1S/C27H29BrN2O3/c1-5-32-25-14-22(13-24(28)27(25)33-17-21-9-6-18(2)7-10-21)16-29-30-26(31)15-23-11-8-19(3)12-20(23)4/h6-14,16H,5,15,17H2,1-4H3,(H,30,31)/b29-16+. The summed E-state index contributed by atoms with van der Waals surface area (Å²) >= 11 is 3.58. The maximum absolute atomic E-state index is 12.3. The van der Waals surface area contributed by atoms with Gasteiger partial charge >= 0.3 is 0 Å². The molecule has 172 valence electrons. The van der Waals surface area contributed by atoms with E-state index < -0.39 is 0 Å². The molecule has 0 aromatic heterocycles. The molecule has 0 saturated heterocycles. The molecule has 0 radical (unpaired) electrons. The fourth-order valence-electron chi connectivity index (χ4n) is 3.34. The second-order valence-electron chi connectivity index (χ2n) is 7.94. The van der Waals surface area contributed by atoms with Crippen molar-refractivity contribution in [3.8, 4) is 11.5 Å². The summed E-state index contributed by atoms with van der Waals surface area (Å²) < 4.78 is 12.6. The molecule has 0 atom stereocenters. The summed E-state index contributed by atoms with van der Waals surface area (Å²) in [7, 11) is 0. The number of rotatable bonds is 9. The Kier molecular flexibility index (Phi) is 8.66. The third kappa shape index (κ3) is 7.19. The van der Waals surface area contributed by atoms with E-state index in [1.807, 2.05) is 57.2 Å². The van der Waals surface area contributed by atoms with Crippen molar-refractivity contribution in [2.24, 2.45) is 5.10 Å². The lowest BCUT2D eigenvalue weighted by molar-refractivity contribution is -0.120. The Morgan fingerprint density at radius 1 is 1.00 bits per heavy atom. The molecule has 0 heterocycles. The number of halogens is 1. The van der Waals surface area contributed by atoms with Gasteiger partial charge in [-0.15, -0.1) is 0 Å². The topological polar surface area (TPSA) is 59.9 Å². The van der Waals surface area contributed by atoms with Gasteiger partial charge in [0.2, 0.25) is 5.91 Å². The van der Waals surface area contributed by atoms with Gasteiger partial charge in [0.05, 0.1) is 23.7 Å². The van der Waals surface area contributed by atoms with Crippen LogP contribution >= 0.6 is 15.9 Å². The molecule has 0 aliphatic rings. The lowest BCUT2D eigenvalue weighted by atomic mass is 10.0. The number of nitrogens with zero attached hydrogens (tertiary/aromatic N) is 1. The number of nitrogens with one attached hydrogen (secondary N) is 1. The maximum atomic E-state index is 12.3. The molecule has 0 aliphatic heterocycles. The second-order valence-corrected chi connectivity index (χ2v) is 8.79. The van der Waals surface area contributed by atoms with E-state index in [2.05, 4.69) is 51.6 Å². The van der Waals surface area contributed by atoms with Crippen molar-refractivity contribution in [3.63, 3.8) is 0 Å². The van der Waals surface area contributed by atoms with Crippen LogP contribution < -0.4 is 14.9 Å². The Morgan fingerprint density at radius 3 is 2.42 bits per heavy atom. The van der Waals surface area contributed by atoms with Crippen molar-refractivity contribution in [3.05, 3.63) is 92.5 Å². The van der Waals surface area contributed by atoms with Gasteiger partial charge < -0.3 is 9.47 Å². The van der Waals surface area contributed by atoms with Gasteiger partial charge in [-0.1, -0.05) is 53.6 Å². The van der Waals surface area contributed by atoms with Gasteiger partial charge in [-0.25, -0.2) is 5.43 Å². The molecule has 0 unspecified atom stereocenters. The van der Waals surface area contributed by atoms with Crippen LogP contribution in [0.15, 0.2) is 64.2 Å². The Hall–Kier alpha value is -3.12. The molecule has 6 heteroatoms. The molecule has 33 heavy (non-hydrogen) atoms. The molecule has 1 amide bonds. The number of hydrogen-bond acceptors (Lipinski definition) is 4. The van der Waals surface area contributed by atoms with Gasteiger partial charge in [0.15, 0.2) is 11.5 Å². The molecule has 0 spiro atoms. The molecule has 0 bridgehead atoms. The number of amides is 1. The minimum atomic E-state index is -0.166. The lowest BCUT2D eigenvalue weighted by Gasteiger charge is -2.15. The zero-order valence-corrected chi connectivity index (χ0v) is 21.0. The fourth-order valence-corrected chi connectivity index (χ4v) is 3.91. The van der Waals surface area contributed by atoms with Crippen LogP contribution in [0.3, 0.4) is 0 Å². The highest BCUT2D eigenvalue weighted by Crippen LogP contribution is 2.37. The van der Waals surface area contributed by atoms with E-state index in [9.17, 15) is 4.79 Å². The third-order valence-corrected chi connectivity index (χ3v) is 5.68. The highest BCUT2D eigenvalue weighted by atomic mass is 79.9. The zero-order valence-electron chi connectivity index (χ0n) is 19.4. The molecule has 3 aromatic rings. The largest absolute Gasteiger partial charge is 0.490 e. The van der Waals surface area contributed by atoms with Gasteiger partial charge in [0.1, 0.15) is 6.61 Å². The molecule has 3 rings (SSSR count). The van der Waals surface area contributed by atoms with Crippen molar-refractivity contribution >= 4 is 28.1 Å². The van der Waals surface area contributed by atoms with Gasteiger partial charge in [0, 0.05) is 0 Å². The van der Waals surface area contributed by atoms with Crippen LogP contribution in [0.5, 0.6) is 11.5 Å². The molecule has 5 nitrogen and oxygen atoms in total. The molecule has 1 N–H and O–H groups in total. The predicted octanol–water partition coefficient (Wildman–Crippen LogP) is 6.04. The summed E-state index contributed by atoms with van der Waals surface area (Å²) in [5, 5.41) is 4.12. The zero-order chi connectivity index (χ0) is 23.8. The molecule has 0 aliphatic carbocycles. The molecular formula is C27H29BrN2O3. The molecule has 0 saturated carbocycles. The summed E-state index contributed by atoms with van der Waals surface area (Å²) in [5.41, 5.74) is 8.93. The SMILES string of the molecule is CCOc1cc(/C=N/NC(=O)Cc2ccc(C)cc2C)cc(Br)c1OCc1ccc(C)cc1. The van der Waals surface area contributed by atoms with E-state index in [0.29, 0.717) is 24.7 Å². The highest BCUT2D eigenvalue weighted by Gasteiger charge is 2.12. The second kappa shape index (κ2) is 11.7. The van der Waals surface area contributed by atoms with Crippen molar-refractivity contribution < 1.29 is 14.3 Å². The summed E-state index contributed by atoms with van der Waals surface area (Å²) in [6, 6.07) is 18.0. The van der Waals surface area contributed by atoms with Gasteiger partial charge in [0.25, 0.3) is 0 Å². The van der Waals surface area contributed by atoms with E-state index in [1.54, 1.807) is 6.21 Å². The molecule has 3 aromatic carbocycles. The van der Waals surface area contributed by atoms with Crippen molar-refractivity contribution in [1.82, 2.24) is 5.43 Å². The number of benzene rings is 3. The molecular weight excluding hydrogens is 480 g/mol. The fraction of sp³-hybridized carbons (Fsp3) is 0.259. The summed E-state index contributed by atoms with van der Waals surface area (Å²) in [4.78, 5) is 12.3. The van der Waals surface area contributed by atoms with Gasteiger partial charge in [-0.05, 0) is 78.0 Å². The number of carbonyl (C=O) groups is 1. The number of hydrazone groups is 1. The van der Waals surface area contributed by atoms with Crippen molar-refractivity contribution in [2.75, 3.05) is 6.61 Å². The van der Waals surface area contributed by atoms with E-state index in [1.165, 1.54) is 11.1 Å². The van der Waals surface area contributed by atoms with Crippen LogP contribution in [0, 0.1) is 20.8 Å². The quantitative estimate of drug-likeness (QED) is 0.283. The van der Waals surface area contributed by atoms with Gasteiger partial charge in [-0.3, -0.25) is 4.79 Å². The molecule has 0 fully saturated rings. The van der Waals surface area contributed by atoms with Crippen molar-refractivity contribution in [2.45, 2.75) is 40.7 Å². The number of aryl methyl sites for hydroxylation is 3. The first-order chi connectivity index (χ1) is 15.9. The Balaban J connectivity index is 1.66. The van der Waals surface area contributed by atoms with Crippen LogP contribution in [-0.4, -0.2) is 18.7 Å². The maximum Gasteiger partial charge on any atom is 0.244 e. The predicted molar refractivity (Wildman–Crippen MR) is 136 cm³/mol. The smallest absolute Gasteiger partial charge is 0.244 e. The van der Waals surface area contributed by atoms with E-state index >= 15 is 0 Å². The number of carbonyl (C=O) groups excluding carboxylic acids is 1. The summed E-state index contributed by atoms with van der Waals surface area (Å²) in [6.07, 6.45) is 1.88. The number of hydrogen-bond donors (Lipinski definition) is 1. The van der Waals surface area contributed by atoms with E-state index in [4.69, 9.17) is 9.47 Å². The lowest BCUT2D eigenvalue weighted by Crippen LogP contribution is -2.20. The summed E-state index contributed by atoms with van der Waals surface area (Å²) in [5.74, 6) is 1.08. The van der Waals surface area contributed by atoms with Crippen LogP contribution in [-0.2, 0) is 17.8 Å². The number of ether oxygens (including phenoxy) is 2. The normalized spacial score (nSPS) is 10.9. The van der Waals surface area contributed by atoms with Crippen molar-refractivity contribution in [1.29, 1.82) is 0 Å². The van der Waals surface area contributed by atoms with Crippen LogP contribution in [0.4, 0.5) is 0 Å². The van der Waals surface area contributed by atoms with E-state index in [0.717, 1.165) is 26.7 Å². The minimum Gasteiger partial charge on any atom is -0.490 e. The van der Waals surface area contributed by atoms with Gasteiger partial charge in [-0.2, -0.15) is 5.10 Å². The first kappa shape index (κ1) is 24.5. The monoisotopic (exact) mass is 508 g/mol. The minimum absolute atomic E-state index is 0.166. The Bertz CT molecular complexity index is 1140. The van der Waals surface area contributed by atoms with Crippen LogP contribution in [0.2, 0.25) is 0 Å².